The molecule has 1 N–H and O–H groups in total. The summed E-state index contributed by atoms with van der Waals surface area (Å²) in [6.07, 6.45) is 2.60. The molecule has 1 heterocycles. The topological polar surface area (TPSA) is 117 Å². The van der Waals surface area contributed by atoms with Crippen LogP contribution in [0, 0.1) is 11.3 Å². The van der Waals surface area contributed by atoms with Crippen molar-refractivity contribution < 1.29 is 21.6 Å². The van der Waals surface area contributed by atoms with E-state index in [2.05, 4.69) is 15.7 Å². The second kappa shape index (κ2) is 11.4. The van der Waals surface area contributed by atoms with Crippen LogP contribution in [0.5, 0.6) is 5.75 Å². The van der Waals surface area contributed by atoms with Crippen LogP contribution in [0.25, 0.3) is 11.1 Å². The summed E-state index contributed by atoms with van der Waals surface area (Å²) in [4.78, 5) is 2.34. The number of nitriles is 1. The SMILES string of the molecule is CS(=O)(=O)c1ccc(S(=O)(=O)NC2CCN(CCCOc3ccc(-c4ccc(C#N)cc4)cc3)C2)cc1. The molecule has 194 valence electrons. The predicted octanol–water partition coefficient (Wildman–Crippen LogP) is 3.45. The van der Waals surface area contributed by atoms with Gasteiger partial charge in [-0.1, -0.05) is 24.3 Å². The third-order valence-corrected chi connectivity index (χ3v) is 8.91. The first-order valence-corrected chi connectivity index (χ1v) is 15.3. The Morgan fingerprint density at radius 1 is 0.919 bits per heavy atom. The maximum atomic E-state index is 12.7. The molecule has 1 saturated heterocycles. The molecule has 0 saturated carbocycles. The van der Waals surface area contributed by atoms with Gasteiger partial charge in [0.1, 0.15) is 5.75 Å². The van der Waals surface area contributed by atoms with Crippen molar-refractivity contribution in [1.82, 2.24) is 9.62 Å². The van der Waals surface area contributed by atoms with Crippen LogP contribution >= 0.6 is 0 Å². The molecule has 1 aliphatic rings. The fraction of sp³-hybridized carbons (Fsp3) is 0.296. The van der Waals surface area contributed by atoms with Crippen LogP contribution < -0.4 is 9.46 Å². The number of hydrogen-bond donors (Lipinski definition) is 1. The van der Waals surface area contributed by atoms with Gasteiger partial charge in [0.25, 0.3) is 0 Å². The molecule has 1 unspecified atom stereocenters. The third kappa shape index (κ3) is 7.17. The van der Waals surface area contributed by atoms with Crippen molar-refractivity contribution in [3.63, 3.8) is 0 Å². The average Bonchev–Trinajstić information content (AvgIpc) is 3.33. The van der Waals surface area contributed by atoms with Crippen molar-refractivity contribution in [3.8, 4) is 22.9 Å². The second-order valence-electron chi connectivity index (χ2n) is 9.07. The monoisotopic (exact) mass is 539 g/mol. The second-order valence-corrected chi connectivity index (χ2v) is 12.8. The summed E-state index contributed by atoms with van der Waals surface area (Å²) in [5, 5.41) is 8.92. The number of ether oxygens (including phenoxy) is 1. The number of nitrogens with one attached hydrogen (secondary N) is 1. The molecule has 4 rings (SSSR count). The highest BCUT2D eigenvalue weighted by molar-refractivity contribution is 7.90. The van der Waals surface area contributed by atoms with Gasteiger partial charge in [-0.15, -0.1) is 0 Å². The quantitative estimate of drug-likeness (QED) is 0.392. The van der Waals surface area contributed by atoms with Crippen LogP contribution in [0.15, 0.2) is 82.6 Å². The first kappa shape index (κ1) is 26.8. The van der Waals surface area contributed by atoms with Crippen molar-refractivity contribution in [3.05, 3.63) is 78.4 Å². The number of likely N-dealkylation sites (tertiary alicyclic amines) is 1. The molecule has 0 spiro atoms. The Morgan fingerprint density at radius 2 is 1.51 bits per heavy atom. The normalized spacial score (nSPS) is 16.4. The zero-order chi connectivity index (χ0) is 26.5. The van der Waals surface area contributed by atoms with E-state index in [1.807, 2.05) is 36.4 Å². The smallest absolute Gasteiger partial charge is 0.240 e. The number of nitrogens with zero attached hydrogens (tertiary/aromatic N) is 2. The fourth-order valence-corrected chi connectivity index (χ4v) is 6.14. The lowest BCUT2D eigenvalue weighted by Gasteiger charge is -2.17. The van der Waals surface area contributed by atoms with Gasteiger partial charge < -0.3 is 9.64 Å². The summed E-state index contributed by atoms with van der Waals surface area (Å²) in [7, 11) is -7.11. The molecule has 8 nitrogen and oxygen atoms in total. The molecule has 1 atom stereocenters. The van der Waals surface area contributed by atoms with Crippen LogP contribution in [0.3, 0.4) is 0 Å². The van der Waals surface area contributed by atoms with Crippen LogP contribution in [0.2, 0.25) is 0 Å². The third-order valence-electron chi connectivity index (χ3n) is 6.25. The van der Waals surface area contributed by atoms with E-state index in [0.717, 1.165) is 42.6 Å². The molecule has 1 fully saturated rings. The number of sulfone groups is 1. The fourth-order valence-electron chi connectivity index (χ4n) is 4.24. The van der Waals surface area contributed by atoms with E-state index in [1.54, 1.807) is 12.1 Å². The lowest BCUT2D eigenvalue weighted by molar-refractivity contribution is 0.261. The van der Waals surface area contributed by atoms with Gasteiger partial charge in [0.15, 0.2) is 9.84 Å². The molecule has 0 bridgehead atoms. The van der Waals surface area contributed by atoms with Gasteiger partial charge in [-0.05, 0) is 79.0 Å². The molecule has 0 radical (unpaired) electrons. The molecule has 37 heavy (non-hydrogen) atoms. The van der Waals surface area contributed by atoms with E-state index in [4.69, 9.17) is 10.00 Å². The number of hydrogen-bond acceptors (Lipinski definition) is 7. The van der Waals surface area contributed by atoms with E-state index in [9.17, 15) is 16.8 Å². The summed E-state index contributed by atoms with van der Waals surface area (Å²) in [6, 6.07) is 22.5. The zero-order valence-corrected chi connectivity index (χ0v) is 22.1. The lowest BCUT2D eigenvalue weighted by atomic mass is 10.0. The Bertz CT molecular complexity index is 1460. The molecule has 1 aliphatic heterocycles. The van der Waals surface area contributed by atoms with Crippen molar-refractivity contribution in [2.24, 2.45) is 0 Å². The van der Waals surface area contributed by atoms with E-state index in [0.29, 0.717) is 25.1 Å². The Balaban J connectivity index is 1.20. The van der Waals surface area contributed by atoms with Crippen LogP contribution in [-0.4, -0.2) is 60.3 Å². The van der Waals surface area contributed by atoms with Crippen molar-refractivity contribution in [1.29, 1.82) is 5.26 Å². The highest BCUT2D eigenvalue weighted by Gasteiger charge is 2.27. The van der Waals surface area contributed by atoms with E-state index in [1.165, 1.54) is 24.3 Å². The summed E-state index contributed by atoms with van der Waals surface area (Å²) in [5.41, 5.74) is 2.72. The summed E-state index contributed by atoms with van der Waals surface area (Å²) in [5.74, 6) is 0.784. The maximum Gasteiger partial charge on any atom is 0.240 e. The van der Waals surface area contributed by atoms with Crippen LogP contribution in [-0.2, 0) is 19.9 Å². The minimum absolute atomic E-state index is 0.0527. The van der Waals surface area contributed by atoms with Gasteiger partial charge in [0.2, 0.25) is 10.0 Å². The lowest BCUT2D eigenvalue weighted by Crippen LogP contribution is -2.37. The molecular formula is C27H29N3O5S2. The summed E-state index contributed by atoms with van der Waals surface area (Å²) >= 11 is 0. The number of sulfonamides is 1. The van der Waals surface area contributed by atoms with Gasteiger partial charge in [0.05, 0.1) is 28.0 Å². The molecule has 0 aromatic heterocycles. The van der Waals surface area contributed by atoms with Gasteiger partial charge in [-0.25, -0.2) is 21.6 Å². The highest BCUT2D eigenvalue weighted by Crippen LogP contribution is 2.23. The largest absolute Gasteiger partial charge is 0.494 e. The van der Waals surface area contributed by atoms with Gasteiger partial charge in [0, 0.05) is 25.4 Å². The van der Waals surface area contributed by atoms with E-state index < -0.39 is 19.9 Å². The van der Waals surface area contributed by atoms with Gasteiger partial charge in [-0.2, -0.15) is 5.26 Å². The zero-order valence-electron chi connectivity index (χ0n) is 20.5. The molecule has 0 aliphatic carbocycles. The first-order valence-electron chi connectivity index (χ1n) is 11.9. The van der Waals surface area contributed by atoms with Crippen molar-refractivity contribution in [2.75, 3.05) is 32.5 Å². The minimum Gasteiger partial charge on any atom is -0.494 e. The Kier molecular flexibility index (Phi) is 8.29. The van der Waals surface area contributed by atoms with Crippen LogP contribution in [0.4, 0.5) is 0 Å². The average molecular weight is 540 g/mol. The van der Waals surface area contributed by atoms with Gasteiger partial charge in [-0.3, -0.25) is 0 Å². The highest BCUT2D eigenvalue weighted by atomic mass is 32.2. The van der Waals surface area contributed by atoms with Crippen molar-refractivity contribution in [2.45, 2.75) is 28.7 Å². The molecule has 10 heteroatoms. The van der Waals surface area contributed by atoms with E-state index >= 15 is 0 Å². The Hall–Kier alpha value is -3.23. The molecule has 0 amide bonds. The molecule has 3 aromatic rings. The molecule has 3 aromatic carbocycles. The predicted molar refractivity (Wildman–Crippen MR) is 141 cm³/mol. The van der Waals surface area contributed by atoms with Crippen LogP contribution in [0.1, 0.15) is 18.4 Å². The summed E-state index contributed by atoms with van der Waals surface area (Å²) < 4.78 is 57.2. The maximum absolute atomic E-state index is 12.7. The summed E-state index contributed by atoms with van der Waals surface area (Å²) in [6.45, 7) is 2.75. The minimum atomic E-state index is -3.73. The Labute approximate surface area is 218 Å². The first-order chi connectivity index (χ1) is 17.6. The van der Waals surface area contributed by atoms with Gasteiger partial charge >= 0.3 is 0 Å². The Morgan fingerprint density at radius 3 is 2.11 bits per heavy atom. The number of rotatable bonds is 10. The molecular weight excluding hydrogens is 510 g/mol. The van der Waals surface area contributed by atoms with Crippen molar-refractivity contribution >= 4 is 19.9 Å². The standard InChI is InChI=1S/C27H29N3O5S2/c1-36(31,32)26-11-13-27(14-12-26)37(33,34)29-24-15-17-30(20-24)16-2-18-35-25-9-7-23(8-10-25)22-5-3-21(19-28)4-6-22/h3-14,24,29H,2,15-18,20H2,1H3. The van der Waals surface area contributed by atoms with E-state index in [-0.39, 0.29) is 15.8 Å². The number of benzene rings is 3.